The van der Waals surface area contributed by atoms with E-state index in [1.165, 1.54) is 24.0 Å². The number of carbonyl (C=O) groups is 1. The van der Waals surface area contributed by atoms with E-state index in [2.05, 4.69) is 46.9 Å². The standard InChI is InChI=1S/C22H26N4O/c1-15-8-9-21-19(11-15)20(25-26(21)2)14-24-22(27)17-6-3-5-16(12-17)18-7-4-10-23-13-18/h3,5-6,8-9,11-12,18,23H,4,7,10,13-14H2,1-2H3,(H,24,27)/t18-/m1/s1. The van der Waals surface area contributed by atoms with Crippen LogP contribution >= 0.6 is 0 Å². The number of fused-ring (bicyclic) bond motifs is 1. The van der Waals surface area contributed by atoms with Gasteiger partial charge in [0.1, 0.15) is 0 Å². The van der Waals surface area contributed by atoms with E-state index in [4.69, 9.17) is 0 Å². The van der Waals surface area contributed by atoms with Crippen molar-refractivity contribution in [3.63, 3.8) is 0 Å². The second-order valence-corrected chi connectivity index (χ2v) is 7.44. The number of aromatic nitrogens is 2. The molecule has 1 saturated heterocycles. The maximum atomic E-state index is 12.7. The van der Waals surface area contributed by atoms with E-state index >= 15 is 0 Å². The van der Waals surface area contributed by atoms with E-state index in [1.54, 1.807) is 0 Å². The van der Waals surface area contributed by atoms with Crippen LogP contribution in [0.1, 0.15) is 45.9 Å². The van der Waals surface area contributed by atoms with Gasteiger partial charge in [0.2, 0.25) is 0 Å². The average molecular weight is 362 g/mol. The molecule has 0 bridgehead atoms. The van der Waals surface area contributed by atoms with Crippen LogP contribution in [0, 0.1) is 6.92 Å². The molecule has 0 spiro atoms. The molecule has 2 heterocycles. The van der Waals surface area contributed by atoms with E-state index in [1.807, 2.05) is 29.9 Å². The predicted octanol–water partition coefficient (Wildman–Crippen LogP) is 3.28. The van der Waals surface area contributed by atoms with E-state index < -0.39 is 0 Å². The molecule has 1 aromatic heterocycles. The Morgan fingerprint density at radius 2 is 2.19 bits per heavy atom. The molecule has 1 fully saturated rings. The van der Waals surface area contributed by atoms with E-state index in [0.29, 0.717) is 12.5 Å². The van der Waals surface area contributed by atoms with Crippen LogP contribution in [0.2, 0.25) is 0 Å². The summed E-state index contributed by atoms with van der Waals surface area (Å²) in [5.41, 5.74) is 5.13. The number of aryl methyl sites for hydroxylation is 2. The van der Waals surface area contributed by atoms with Gasteiger partial charge in [0, 0.05) is 24.5 Å². The Bertz CT molecular complexity index is 970. The Morgan fingerprint density at radius 1 is 1.30 bits per heavy atom. The lowest BCUT2D eigenvalue weighted by molar-refractivity contribution is 0.0950. The molecule has 0 saturated carbocycles. The number of nitrogens with zero attached hydrogens (tertiary/aromatic N) is 2. The molecular formula is C22H26N4O. The highest BCUT2D eigenvalue weighted by molar-refractivity contribution is 5.94. The first-order valence-electron chi connectivity index (χ1n) is 9.63. The maximum Gasteiger partial charge on any atom is 0.251 e. The molecule has 2 N–H and O–H groups in total. The van der Waals surface area contributed by atoms with E-state index in [0.717, 1.165) is 35.2 Å². The van der Waals surface area contributed by atoms with Crippen LogP contribution in [0.15, 0.2) is 42.5 Å². The molecule has 5 heteroatoms. The molecule has 5 nitrogen and oxygen atoms in total. The molecule has 4 rings (SSSR count). The summed E-state index contributed by atoms with van der Waals surface area (Å²) in [5.74, 6) is 0.446. The second kappa shape index (κ2) is 7.53. The number of hydrogen-bond acceptors (Lipinski definition) is 3. The quantitative estimate of drug-likeness (QED) is 0.749. The van der Waals surface area contributed by atoms with Gasteiger partial charge in [-0.2, -0.15) is 5.10 Å². The Morgan fingerprint density at radius 3 is 3.00 bits per heavy atom. The summed E-state index contributed by atoms with van der Waals surface area (Å²) in [5, 5.41) is 12.2. The summed E-state index contributed by atoms with van der Waals surface area (Å²) in [6.45, 7) is 4.58. The Hall–Kier alpha value is -2.66. The van der Waals surface area contributed by atoms with Gasteiger partial charge in [-0.15, -0.1) is 0 Å². The van der Waals surface area contributed by atoms with E-state index in [-0.39, 0.29) is 5.91 Å². The maximum absolute atomic E-state index is 12.7. The first kappa shape index (κ1) is 17.7. The highest BCUT2D eigenvalue weighted by Crippen LogP contribution is 2.24. The summed E-state index contributed by atoms with van der Waals surface area (Å²) in [6.07, 6.45) is 2.37. The molecule has 140 valence electrons. The van der Waals surface area contributed by atoms with Crippen LogP contribution in [0.3, 0.4) is 0 Å². The van der Waals surface area contributed by atoms with Crippen LogP contribution in [0.25, 0.3) is 10.9 Å². The van der Waals surface area contributed by atoms with Gasteiger partial charge in [-0.3, -0.25) is 9.48 Å². The molecule has 27 heavy (non-hydrogen) atoms. The number of carbonyl (C=O) groups excluding carboxylic acids is 1. The summed E-state index contributed by atoms with van der Waals surface area (Å²) in [7, 11) is 1.94. The fraction of sp³-hybridized carbons (Fsp3) is 0.364. The minimum absolute atomic E-state index is 0.0490. The van der Waals surface area contributed by atoms with Crippen molar-refractivity contribution in [1.82, 2.24) is 20.4 Å². The highest BCUT2D eigenvalue weighted by atomic mass is 16.1. The lowest BCUT2D eigenvalue weighted by Crippen LogP contribution is -2.28. The van der Waals surface area contributed by atoms with Crippen molar-refractivity contribution < 1.29 is 4.79 Å². The Labute approximate surface area is 159 Å². The molecule has 1 atom stereocenters. The Kier molecular flexibility index (Phi) is 4.94. The van der Waals surface area contributed by atoms with Crippen molar-refractivity contribution in [1.29, 1.82) is 0 Å². The van der Waals surface area contributed by atoms with Crippen molar-refractivity contribution in [3.05, 3.63) is 64.8 Å². The zero-order valence-electron chi connectivity index (χ0n) is 16.0. The van der Waals surface area contributed by atoms with Crippen molar-refractivity contribution in [2.75, 3.05) is 13.1 Å². The smallest absolute Gasteiger partial charge is 0.251 e. The highest BCUT2D eigenvalue weighted by Gasteiger charge is 2.17. The fourth-order valence-electron chi connectivity index (χ4n) is 3.92. The number of piperidine rings is 1. The average Bonchev–Trinajstić information content (AvgIpc) is 3.01. The first-order chi connectivity index (χ1) is 13.1. The number of amides is 1. The topological polar surface area (TPSA) is 59.0 Å². The first-order valence-corrected chi connectivity index (χ1v) is 9.63. The van der Waals surface area contributed by atoms with Gasteiger partial charge in [-0.05, 0) is 62.1 Å². The Balaban J connectivity index is 1.49. The van der Waals surface area contributed by atoms with Crippen molar-refractivity contribution in [2.24, 2.45) is 7.05 Å². The van der Waals surface area contributed by atoms with Crippen LogP contribution in [0.5, 0.6) is 0 Å². The summed E-state index contributed by atoms with van der Waals surface area (Å²) < 4.78 is 1.87. The summed E-state index contributed by atoms with van der Waals surface area (Å²) in [4.78, 5) is 12.7. The normalized spacial score (nSPS) is 17.2. The third-order valence-corrected chi connectivity index (χ3v) is 5.42. The second-order valence-electron chi connectivity index (χ2n) is 7.44. The number of nitrogens with one attached hydrogen (secondary N) is 2. The molecule has 0 aliphatic carbocycles. The van der Waals surface area contributed by atoms with Crippen molar-refractivity contribution in [2.45, 2.75) is 32.2 Å². The van der Waals surface area contributed by atoms with Crippen LogP contribution in [-0.2, 0) is 13.6 Å². The van der Waals surface area contributed by atoms with Gasteiger partial charge >= 0.3 is 0 Å². The fourth-order valence-corrected chi connectivity index (χ4v) is 3.92. The van der Waals surface area contributed by atoms with Crippen molar-refractivity contribution >= 4 is 16.8 Å². The lowest BCUT2D eigenvalue weighted by Gasteiger charge is -2.23. The zero-order valence-corrected chi connectivity index (χ0v) is 16.0. The molecular weight excluding hydrogens is 336 g/mol. The molecule has 2 aromatic carbocycles. The van der Waals surface area contributed by atoms with Crippen LogP contribution < -0.4 is 10.6 Å². The summed E-state index contributed by atoms with van der Waals surface area (Å²) >= 11 is 0. The molecule has 0 unspecified atom stereocenters. The number of rotatable bonds is 4. The van der Waals surface area contributed by atoms with Crippen LogP contribution in [-0.4, -0.2) is 28.8 Å². The molecule has 1 amide bonds. The third-order valence-electron chi connectivity index (χ3n) is 5.42. The largest absolute Gasteiger partial charge is 0.346 e. The lowest BCUT2D eigenvalue weighted by atomic mass is 9.90. The van der Waals surface area contributed by atoms with Gasteiger partial charge in [0.15, 0.2) is 0 Å². The minimum atomic E-state index is -0.0490. The third kappa shape index (κ3) is 3.74. The SMILES string of the molecule is Cc1ccc2c(c1)c(CNC(=O)c1cccc([C@@H]3CCCNC3)c1)nn2C. The number of benzene rings is 2. The van der Waals surface area contributed by atoms with Gasteiger partial charge in [-0.25, -0.2) is 0 Å². The molecule has 0 radical (unpaired) electrons. The van der Waals surface area contributed by atoms with E-state index in [9.17, 15) is 4.79 Å². The molecule has 3 aromatic rings. The molecule has 1 aliphatic rings. The molecule has 1 aliphatic heterocycles. The number of hydrogen-bond donors (Lipinski definition) is 2. The predicted molar refractivity (Wildman–Crippen MR) is 108 cm³/mol. The van der Waals surface area contributed by atoms with Crippen LogP contribution in [0.4, 0.5) is 0 Å². The van der Waals surface area contributed by atoms with Gasteiger partial charge in [-0.1, -0.05) is 23.8 Å². The van der Waals surface area contributed by atoms with Gasteiger partial charge in [0.05, 0.1) is 17.8 Å². The monoisotopic (exact) mass is 362 g/mol. The zero-order chi connectivity index (χ0) is 18.8. The van der Waals surface area contributed by atoms with Crippen molar-refractivity contribution in [3.8, 4) is 0 Å². The minimum Gasteiger partial charge on any atom is -0.346 e. The van der Waals surface area contributed by atoms with Gasteiger partial charge in [0.25, 0.3) is 5.91 Å². The summed E-state index contributed by atoms with van der Waals surface area (Å²) in [6, 6.07) is 14.3. The van der Waals surface area contributed by atoms with Gasteiger partial charge < -0.3 is 10.6 Å².